The highest BCUT2D eigenvalue weighted by Gasteiger charge is 2.25. The SMILES string of the molecule is CN(C(=O)c1cn(CC2CC2)c2ccccc12)c1ccncc1F. The van der Waals surface area contributed by atoms with Crippen LogP contribution < -0.4 is 4.90 Å². The van der Waals surface area contributed by atoms with Gasteiger partial charge in [-0.05, 0) is 30.9 Å². The minimum absolute atomic E-state index is 0.217. The lowest BCUT2D eigenvalue weighted by molar-refractivity contribution is 0.0993. The third-order valence-corrected chi connectivity index (χ3v) is 4.59. The molecule has 0 N–H and O–H groups in total. The van der Waals surface area contributed by atoms with Crippen molar-refractivity contribution in [3.8, 4) is 0 Å². The first-order chi connectivity index (χ1) is 11.6. The summed E-state index contributed by atoms with van der Waals surface area (Å²) >= 11 is 0. The fourth-order valence-electron chi connectivity index (χ4n) is 3.08. The molecular weight excluding hydrogens is 305 g/mol. The molecule has 1 aliphatic carbocycles. The molecule has 0 bridgehead atoms. The Morgan fingerprint density at radius 3 is 2.88 bits per heavy atom. The molecule has 2 aromatic heterocycles. The number of rotatable bonds is 4. The third kappa shape index (κ3) is 2.56. The second-order valence-corrected chi connectivity index (χ2v) is 6.35. The predicted octanol–water partition coefficient (Wildman–Crippen LogP) is 3.86. The Labute approximate surface area is 139 Å². The lowest BCUT2D eigenvalue weighted by atomic mass is 10.1. The molecule has 1 saturated carbocycles. The Morgan fingerprint density at radius 2 is 2.12 bits per heavy atom. The normalized spacial score (nSPS) is 14.1. The number of amides is 1. The minimum atomic E-state index is -0.505. The third-order valence-electron chi connectivity index (χ3n) is 4.59. The van der Waals surface area contributed by atoms with Crippen LogP contribution in [0.25, 0.3) is 10.9 Å². The topological polar surface area (TPSA) is 38.1 Å². The Balaban J connectivity index is 1.75. The van der Waals surface area contributed by atoms with E-state index in [1.165, 1.54) is 30.0 Å². The van der Waals surface area contributed by atoms with Gasteiger partial charge in [0.1, 0.15) is 0 Å². The van der Waals surface area contributed by atoms with Crippen molar-refractivity contribution >= 4 is 22.5 Å². The number of benzene rings is 1. The van der Waals surface area contributed by atoms with Crippen LogP contribution in [-0.2, 0) is 6.54 Å². The molecule has 1 fully saturated rings. The van der Waals surface area contributed by atoms with Crippen LogP contribution in [0.3, 0.4) is 0 Å². The number of aromatic nitrogens is 2. The van der Waals surface area contributed by atoms with Gasteiger partial charge < -0.3 is 9.47 Å². The number of nitrogens with zero attached hydrogens (tertiary/aromatic N) is 3. The van der Waals surface area contributed by atoms with E-state index < -0.39 is 5.82 Å². The lowest BCUT2D eigenvalue weighted by Gasteiger charge is -2.17. The molecule has 0 atom stereocenters. The highest BCUT2D eigenvalue weighted by Crippen LogP contribution is 2.33. The maximum atomic E-state index is 14.0. The molecule has 3 aromatic rings. The molecule has 2 heterocycles. The second-order valence-electron chi connectivity index (χ2n) is 6.35. The quantitative estimate of drug-likeness (QED) is 0.731. The molecule has 0 aliphatic heterocycles. The van der Waals surface area contributed by atoms with Crippen molar-refractivity contribution in [1.29, 1.82) is 0 Å². The number of pyridine rings is 1. The number of halogens is 1. The van der Waals surface area contributed by atoms with Crippen LogP contribution in [0.4, 0.5) is 10.1 Å². The zero-order chi connectivity index (χ0) is 16.7. The van der Waals surface area contributed by atoms with Crippen LogP contribution in [0.1, 0.15) is 23.2 Å². The van der Waals surface area contributed by atoms with Crippen LogP contribution in [0.2, 0.25) is 0 Å². The van der Waals surface area contributed by atoms with E-state index in [1.54, 1.807) is 7.05 Å². The first kappa shape index (κ1) is 14.9. The van der Waals surface area contributed by atoms with Crippen molar-refractivity contribution in [2.75, 3.05) is 11.9 Å². The van der Waals surface area contributed by atoms with Gasteiger partial charge in [0.2, 0.25) is 0 Å². The maximum Gasteiger partial charge on any atom is 0.260 e. The lowest BCUT2D eigenvalue weighted by Crippen LogP contribution is -2.27. The van der Waals surface area contributed by atoms with Crippen LogP contribution in [-0.4, -0.2) is 22.5 Å². The highest BCUT2D eigenvalue weighted by molar-refractivity contribution is 6.13. The minimum Gasteiger partial charge on any atom is -0.346 e. The van der Waals surface area contributed by atoms with E-state index in [1.807, 2.05) is 30.5 Å². The molecule has 1 aliphatic rings. The van der Waals surface area contributed by atoms with Crippen molar-refractivity contribution in [3.05, 3.63) is 60.3 Å². The monoisotopic (exact) mass is 323 g/mol. The van der Waals surface area contributed by atoms with Gasteiger partial charge >= 0.3 is 0 Å². The maximum absolute atomic E-state index is 14.0. The average Bonchev–Trinajstić information content (AvgIpc) is 3.35. The van der Waals surface area contributed by atoms with Crippen LogP contribution in [0.5, 0.6) is 0 Å². The molecule has 0 spiro atoms. The van der Waals surface area contributed by atoms with Gasteiger partial charge in [-0.1, -0.05) is 18.2 Å². The number of anilines is 1. The summed E-state index contributed by atoms with van der Waals surface area (Å²) in [6, 6.07) is 9.39. The van der Waals surface area contributed by atoms with Crippen molar-refractivity contribution in [1.82, 2.24) is 9.55 Å². The van der Waals surface area contributed by atoms with Gasteiger partial charge in [-0.3, -0.25) is 9.78 Å². The molecule has 1 aromatic carbocycles. The Bertz CT molecular complexity index is 914. The van der Waals surface area contributed by atoms with E-state index in [4.69, 9.17) is 0 Å². The van der Waals surface area contributed by atoms with E-state index in [9.17, 15) is 9.18 Å². The predicted molar refractivity (Wildman–Crippen MR) is 91.6 cm³/mol. The largest absolute Gasteiger partial charge is 0.346 e. The molecule has 4 nitrogen and oxygen atoms in total. The Kier molecular flexibility index (Phi) is 3.56. The average molecular weight is 323 g/mol. The van der Waals surface area contributed by atoms with Gasteiger partial charge in [0.25, 0.3) is 5.91 Å². The van der Waals surface area contributed by atoms with E-state index in [0.717, 1.165) is 23.6 Å². The summed E-state index contributed by atoms with van der Waals surface area (Å²) in [4.78, 5) is 18.0. The molecule has 24 heavy (non-hydrogen) atoms. The fourth-order valence-corrected chi connectivity index (χ4v) is 3.08. The van der Waals surface area contributed by atoms with E-state index >= 15 is 0 Å². The standard InChI is InChI=1S/C19H18FN3O/c1-22(18-8-9-21-10-16(18)20)19(24)15-12-23(11-13-6-7-13)17-5-3-2-4-14(15)17/h2-5,8-10,12-13H,6-7,11H2,1H3. The van der Waals surface area contributed by atoms with Crippen LogP contribution >= 0.6 is 0 Å². The van der Waals surface area contributed by atoms with E-state index in [0.29, 0.717) is 11.5 Å². The number of carbonyl (C=O) groups is 1. The van der Waals surface area contributed by atoms with Gasteiger partial charge in [0, 0.05) is 36.9 Å². The summed E-state index contributed by atoms with van der Waals surface area (Å²) in [5.74, 6) is -0.0138. The van der Waals surface area contributed by atoms with Crippen molar-refractivity contribution in [2.45, 2.75) is 19.4 Å². The van der Waals surface area contributed by atoms with Crippen LogP contribution in [0, 0.1) is 11.7 Å². The van der Waals surface area contributed by atoms with Gasteiger partial charge in [-0.15, -0.1) is 0 Å². The number of hydrogen-bond acceptors (Lipinski definition) is 2. The highest BCUT2D eigenvalue weighted by atomic mass is 19.1. The summed E-state index contributed by atoms with van der Waals surface area (Å²) < 4.78 is 16.1. The smallest absolute Gasteiger partial charge is 0.260 e. The van der Waals surface area contributed by atoms with Gasteiger partial charge in [-0.2, -0.15) is 0 Å². The summed E-state index contributed by atoms with van der Waals surface area (Å²) in [5.41, 5.74) is 1.88. The van der Waals surface area contributed by atoms with Crippen LogP contribution in [0.15, 0.2) is 48.9 Å². The van der Waals surface area contributed by atoms with Crippen molar-refractivity contribution in [2.24, 2.45) is 5.92 Å². The summed E-state index contributed by atoms with van der Waals surface area (Å²) in [7, 11) is 1.59. The molecule has 0 radical (unpaired) electrons. The first-order valence-electron chi connectivity index (χ1n) is 8.10. The second kappa shape index (κ2) is 5.74. The van der Waals surface area contributed by atoms with E-state index in [2.05, 4.69) is 9.55 Å². The Morgan fingerprint density at radius 1 is 1.33 bits per heavy atom. The van der Waals surface area contributed by atoms with Gasteiger partial charge in [-0.25, -0.2) is 4.39 Å². The molecule has 4 rings (SSSR count). The molecule has 0 unspecified atom stereocenters. The van der Waals surface area contributed by atoms with Gasteiger partial charge in [0.15, 0.2) is 5.82 Å². The van der Waals surface area contributed by atoms with E-state index in [-0.39, 0.29) is 11.6 Å². The molecule has 122 valence electrons. The zero-order valence-corrected chi connectivity index (χ0v) is 13.4. The summed E-state index contributed by atoms with van der Waals surface area (Å²) in [5, 5.41) is 0.907. The van der Waals surface area contributed by atoms with Crippen molar-refractivity contribution < 1.29 is 9.18 Å². The number of para-hydroxylation sites is 1. The summed E-state index contributed by atoms with van der Waals surface area (Å²) in [6.07, 6.45) is 7.00. The van der Waals surface area contributed by atoms with Gasteiger partial charge in [0.05, 0.1) is 17.4 Å². The number of hydrogen-bond donors (Lipinski definition) is 0. The molecular formula is C19H18FN3O. The molecule has 0 saturated heterocycles. The number of carbonyl (C=O) groups excluding carboxylic acids is 1. The fraction of sp³-hybridized carbons (Fsp3) is 0.263. The first-order valence-corrected chi connectivity index (χ1v) is 8.10. The van der Waals surface area contributed by atoms with Crippen molar-refractivity contribution in [3.63, 3.8) is 0 Å². The summed E-state index contributed by atoms with van der Waals surface area (Å²) in [6.45, 7) is 0.932. The molecule has 1 amide bonds. The Hall–Kier alpha value is -2.69. The molecule has 5 heteroatoms. The number of fused-ring (bicyclic) bond motifs is 1. The zero-order valence-electron chi connectivity index (χ0n) is 13.4.